The number of hydrogen-bond acceptors (Lipinski definition) is 1. The number of hydrogen-bond donors (Lipinski definition) is 1. The van der Waals surface area contributed by atoms with Gasteiger partial charge in [0.25, 0.3) is 0 Å². The minimum atomic E-state index is -0.000347. The fourth-order valence-electron chi connectivity index (χ4n) is 1.65. The van der Waals surface area contributed by atoms with Gasteiger partial charge in [-0.1, -0.05) is 20.3 Å². The van der Waals surface area contributed by atoms with Gasteiger partial charge >= 0.3 is 0 Å². The van der Waals surface area contributed by atoms with E-state index in [0.29, 0.717) is 5.41 Å². The van der Waals surface area contributed by atoms with Crippen molar-refractivity contribution in [3.63, 3.8) is 0 Å². The quantitative estimate of drug-likeness (QED) is 0.595. The number of aliphatic hydroxyl groups is 1. The van der Waals surface area contributed by atoms with Crippen LogP contribution in [0, 0.1) is 5.41 Å². The summed E-state index contributed by atoms with van der Waals surface area (Å²) >= 11 is 0. The zero-order valence-electron chi connectivity index (χ0n) is 7.06. The molecular weight excluding hydrogens is 124 g/mol. The molecule has 1 saturated carbocycles. The predicted octanol–water partition coefficient (Wildman–Crippen LogP) is 2.34. The third-order valence-corrected chi connectivity index (χ3v) is 3.02. The van der Waals surface area contributed by atoms with E-state index in [1.165, 1.54) is 19.3 Å². The first-order chi connectivity index (χ1) is 4.66. The molecule has 60 valence electrons. The molecule has 0 bridgehead atoms. The van der Waals surface area contributed by atoms with Crippen molar-refractivity contribution in [2.75, 3.05) is 0 Å². The Bertz CT molecular complexity index is 101. The molecule has 1 aliphatic carbocycles. The molecule has 0 aliphatic heterocycles. The van der Waals surface area contributed by atoms with E-state index >= 15 is 0 Å². The zero-order chi connectivity index (χ0) is 7.61. The number of aliphatic hydroxyl groups excluding tert-OH is 1. The maximum absolute atomic E-state index is 9.24. The molecule has 0 aromatic rings. The van der Waals surface area contributed by atoms with E-state index in [9.17, 15) is 5.11 Å². The van der Waals surface area contributed by atoms with Crippen molar-refractivity contribution in [3.8, 4) is 0 Å². The van der Waals surface area contributed by atoms with Gasteiger partial charge in [0.15, 0.2) is 0 Å². The first-order valence-corrected chi connectivity index (χ1v) is 4.34. The third kappa shape index (κ3) is 1.72. The van der Waals surface area contributed by atoms with E-state index in [0.717, 1.165) is 12.8 Å². The summed E-state index contributed by atoms with van der Waals surface area (Å²) in [6.07, 6.45) is 5.73. The molecule has 0 saturated heterocycles. The second-order valence-corrected chi connectivity index (χ2v) is 3.90. The molecule has 0 aromatic heterocycles. The van der Waals surface area contributed by atoms with E-state index in [-0.39, 0.29) is 6.10 Å². The second-order valence-electron chi connectivity index (χ2n) is 3.90. The van der Waals surface area contributed by atoms with Gasteiger partial charge in [-0.15, -0.1) is 0 Å². The first-order valence-electron chi connectivity index (χ1n) is 4.34. The largest absolute Gasteiger partial charge is 0.393 e. The lowest BCUT2D eigenvalue weighted by Crippen LogP contribution is -2.26. The zero-order valence-corrected chi connectivity index (χ0v) is 7.06. The van der Waals surface area contributed by atoms with Gasteiger partial charge < -0.3 is 5.11 Å². The lowest BCUT2D eigenvalue weighted by molar-refractivity contribution is 0.0696. The Morgan fingerprint density at radius 2 is 1.90 bits per heavy atom. The van der Waals surface area contributed by atoms with E-state index in [1.807, 2.05) is 0 Å². The lowest BCUT2D eigenvalue weighted by Gasteiger charge is -2.34. The highest BCUT2D eigenvalue weighted by Crippen LogP contribution is 2.38. The van der Waals surface area contributed by atoms with Gasteiger partial charge in [-0.2, -0.15) is 0 Å². The summed E-state index contributed by atoms with van der Waals surface area (Å²) in [5.41, 5.74) is 0.541. The Balaban J connectivity index is 2.38. The smallest absolute Gasteiger partial charge is 0.0540 e. The minimum absolute atomic E-state index is 0.000347. The molecule has 0 heterocycles. The summed E-state index contributed by atoms with van der Waals surface area (Å²) < 4.78 is 0. The molecular formula is C9H18O. The standard InChI is InChI=1S/C9H18O/c1-3-9(2)6-4-8(10)5-7-9/h8,10H,3-7H2,1-2H3/t8-,9-. The van der Waals surface area contributed by atoms with Crippen molar-refractivity contribution in [3.05, 3.63) is 0 Å². The molecule has 1 nitrogen and oxygen atoms in total. The lowest BCUT2D eigenvalue weighted by atomic mass is 9.73. The van der Waals surface area contributed by atoms with Crippen molar-refractivity contribution in [2.24, 2.45) is 5.41 Å². The highest BCUT2D eigenvalue weighted by Gasteiger charge is 2.27. The minimum Gasteiger partial charge on any atom is -0.393 e. The van der Waals surface area contributed by atoms with Gasteiger partial charge in [0.1, 0.15) is 0 Å². The van der Waals surface area contributed by atoms with Crippen LogP contribution in [0.3, 0.4) is 0 Å². The van der Waals surface area contributed by atoms with E-state index in [4.69, 9.17) is 0 Å². The Morgan fingerprint density at radius 1 is 1.40 bits per heavy atom. The van der Waals surface area contributed by atoms with Crippen molar-refractivity contribution < 1.29 is 5.11 Å². The summed E-state index contributed by atoms with van der Waals surface area (Å²) in [5.74, 6) is 0. The van der Waals surface area contributed by atoms with E-state index in [2.05, 4.69) is 13.8 Å². The van der Waals surface area contributed by atoms with Crippen molar-refractivity contribution in [1.29, 1.82) is 0 Å². The summed E-state index contributed by atoms with van der Waals surface area (Å²) in [6.45, 7) is 4.58. The molecule has 0 spiro atoms. The maximum atomic E-state index is 9.24. The van der Waals surface area contributed by atoms with Crippen molar-refractivity contribution >= 4 is 0 Å². The van der Waals surface area contributed by atoms with Crippen LogP contribution in [0.25, 0.3) is 0 Å². The van der Waals surface area contributed by atoms with E-state index < -0.39 is 0 Å². The van der Waals surface area contributed by atoms with Crippen molar-refractivity contribution in [1.82, 2.24) is 0 Å². The van der Waals surface area contributed by atoms with Gasteiger partial charge in [0.05, 0.1) is 6.10 Å². The summed E-state index contributed by atoms with van der Waals surface area (Å²) in [7, 11) is 0. The normalized spacial score (nSPS) is 41.7. The van der Waals surface area contributed by atoms with Crippen LogP contribution < -0.4 is 0 Å². The fourth-order valence-corrected chi connectivity index (χ4v) is 1.65. The molecule has 1 rings (SSSR count). The molecule has 1 N–H and O–H groups in total. The van der Waals surface area contributed by atoms with Crippen LogP contribution in [0.4, 0.5) is 0 Å². The summed E-state index contributed by atoms with van der Waals surface area (Å²) in [6, 6.07) is 0. The van der Waals surface area contributed by atoms with Crippen molar-refractivity contribution in [2.45, 2.75) is 52.1 Å². The predicted molar refractivity (Wildman–Crippen MR) is 42.9 cm³/mol. The summed E-state index contributed by atoms with van der Waals surface area (Å²) in [5, 5.41) is 9.24. The molecule has 1 fully saturated rings. The first kappa shape index (κ1) is 8.06. The Labute approximate surface area is 63.4 Å². The van der Waals surface area contributed by atoms with E-state index in [1.54, 1.807) is 0 Å². The maximum Gasteiger partial charge on any atom is 0.0540 e. The average Bonchev–Trinajstić information content (AvgIpc) is 1.96. The number of rotatable bonds is 1. The van der Waals surface area contributed by atoms with Gasteiger partial charge in [-0.05, 0) is 31.1 Å². The van der Waals surface area contributed by atoms with Gasteiger partial charge in [0.2, 0.25) is 0 Å². The fraction of sp³-hybridized carbons (Fsp3) is 1.00. The highest BCUT2D eigenvalue weighted by molar-refractivity contribution is 4.80. The SMILES string of the molecule is CC[C@]1(C)CC[C@@H](O)CC1. The van der Waals surface area contributed by atoms with Crippen LogP contribution in [-0.4, -0.2) is 11.2 Å². The van der Waals surface area contributed by atoms with Crippen LogP contribution in [0.5, 0.6) is 0 Å². The van der Waals surface area contributed by atoms with Crippen LogP contribution >= 0.6 is 0 Å². The molecule has 1 heteroatoms. The summed E-state index contributed by atoms with van der Waals surface area (Å²) in [4.78, 5) is 0. The van der Waals surface area contributed by atoms with Gasteiger partial charge in [0, 0.05) is 0 Å². The molecule has 0 atom stereocenters. The second kappa shape index (κ2) is 2.91. The molecule has 1 aliphatic rings. The Morgan fingerprint density at radius 3 is 2.30 bits per heavy atom. The molecule has 0 radical (unpaired) electrons. The monoisotopic (exact) mass is 142 g/mol. The molecule has 0 unspecified atom stereocenters. The van der Waals surface area contributed by atoms with Gasteiger partial charge in [-0.25, -0.2) is 0 Å². The van der Waals surface area contributed by atoms with Crippen LogP contribution in [0.1, 0.15) is 46.0 Å². The topological polar surface area (TPSA) is 20.2 Å². The Hall–Kier alpha value is -0.0400. The molecule has 0 aromatic carbocycles. The Kier molecular flexibility index (Phi) is 2.35. The van der Waals surface area contributed by atoms with Crippen LogP contribution in [0.2, 0.25) is 0 Å². The molecule has 10 heavy (non-hydrogen) atoms. The molecule has 0 amide bonds. The van der Waals surface area contributed by atoms with Crippen LogP contribution in [-0.2, 0) is 0 Å². The highest BCUT2D eigenvalue weighted by atomic mass is 16.3. The van der Waals surface area contributed by atoms with Crippen LogP contribution in [0.15, 0.2) is 0 Å². The van der Waals surface area contributed by atoms with Gasteiger partial charge in [-0.3, -0.25) is 0 Å². The average molecular weight is 142 g/mol. The third-order valence-electron chi connectivity index (χ3n) is 3.02.